The number of allylic oxidation sites excluding steroid dienone is 4. The molecule has 1 rings (SSSR count). The third-order valence-corrected chi connectivity index (χ3v) is 0.586. The molecule has 5 heteroatoms. The minimum absolute atomic E-state index is 0. The summed E-state index contributed by atoms with van der Waals surface area (Å²) in [7, 11) is 0. The van der Waals surface area contributed by atoms with Gasteiger partial charge in [-0.1, -0.05) is 0 Å². The van der Waals surface area contributed by atoms with Gasteiger partial charge in [0.05, 0.1) is 0 Å². The predicted octanol–water partition coefficient (Wildman–Crippen LogP) is -10.2. The van der Waals surface area contributed by atoms with Gasteiger partial charge < -0.3 is 57.1 Å². The Kier molecular flexibility index (Phi) is 108. The van der Waals surface area contributed by atoms with Crippen molar-refractivity contribution in [1.29, 1.82) is 0 Å². The molecule has 1 radical (unpaired) electrons. The van der Waals surface area contributed by atoms with Gasteiger partial charge in [0.1, 0.15) is 0 Å². The molecule has 0 fully saturated rings. The van der Waals surface area contributed by atoms with Crippen LogP contribution in [-0.2, 0) is 22.4 Å². The van der Waals surface area contributed by atoms with E-state index in [-0.39, 0.29) is 79.4 Å². The second-order valence-electron chi connectivity index (χ2n) is 1.00. The van der Waals surface area contributed by atoms with Crippen LogP contribution in [0.15, 0.2) is 18.2 Å². The van der Waals surface area contributed by atoms with Gasteiger partial charge in [-0.15, -0.1) is 6.42 Å². The molecule has 0 amide bonds. The fourth-order valence-electron chi connectivity index (χ4n) is 0.340. The van der Waals surface area contributed by atoms with Crippen LogP contribution in [0.1, 0.15) is 6.42 Å². The van der Waals surface area contributed by atoms with Gasteiger partial charge in [0.15, 0.2) is 0 Å². The van der Waals surface area contributed by atoms with Crippen LogP contribution in [0.2, 0.25) is 0 Å². The van der Waals surface area contributed by atoms with E-state index in [1.807, 2.05) is 12.2 Å². The van der Waals surface area contributed by atoms with Crippen LogP contribution in [-0.4, -0.2) is 0 Å². The van der Waals surface area contributed by atoms with E-state index in [9.17, 15) is 0 Å². The topological polar surface area (TPSA) is 0 Å². The molecule has 0 aliphatic heterocycles. The van der Waals surface area contributed by atoms with Crippen LogP contribution < -0.4 is 49.6 Å². The molecule has 0 atom stereocenters. The number of hydrogen-bond acceptors (Lipinski definition) is 0. The summed E-state index contributed by atoms with van der Waals surface area (Å²) in [5.74, 6) is 0. The second kappa shape index (κ2) is 30.1. The summed E-state index contributed by atoms with van der Waals surface area (Å²) in [6.07, 6.45) is 10.0. The summed E-state index contributed by atoms with van der Waals surface area (Å²) in [6, 6.07) is 0. The molecule has 1 aliphatic carbocycles. The summed E-state index contributed by atoms with van der Waals surface area (Å²) in [4.78, 5) is 0. The fraction of sp³-hybridized carbons (Fsp3) is 0.167. The van der Waals surface area contributed by atoms with Crippen molar-refractivity contribution < 1.29 is 72.0 Å². The maximum absolute atomic E-state index is 2.99. The molecule has 0 saturated carbocycles. The average Bonchev–Trinajstić information content (AvgIpc) is 1.76. The first-order chi connectivity index (χ1) is 2.50. The largest absolute Gasteiger partial charge is 1.00 e. The molecular formula is C6H8Cl4Nb-6. The number of halogens is 4. The van der Waals surface area contributed by atoms with Crippen LogP contribution in [0.25, 0.3) is 0 Å². The quantitative estimate of drug-likeness (QED) is 0.308. The molecule has 1 aliphatic rings. The van der Waals surface area contributed by atoms with Gasteiger partial charge in [-0.3, -0.25) is 6.08 Å². The van der Waals surface area contributed by atoms with E-state index in [0.717, 1.165) is 6.42 Å². The normalized spacial score (nSPS) is 8.00. The van der Waals surface area contributed by atoms with Gasteiger partial charge in [0.2, 0.25) is 0 Å². The fourth-order valence-corrected chi connectivity index (χ4v) is 0.340. The zero-order valence-electron chi connectivity index (χ0n) is 5.90. The van der Waals surface area contributed by atoms with E-state index in [1.54, 1.807) is 0 Å². The second-order valence-corrected chi connectivity index (χ2v) is 1.00. The first kappa shape index (κ1) is 39.4. The Morgan fingerprint density at radius 1 is 1.00 bits per heavy atom. The van der Waals surface area contributed by atoms with Crippen molar-refractivity contribution in [3.8, 4) is 0 Å². The number of hydrogen-bond donors (Lipinski definition) is 0. The van der Waals surface area contributed by atoms with Gasteiger partial charge in [-0.25, -0.2) is 12.2 Å². The Morgan fingerprint density at radius 2 is 1.45 bits per heavy atom. The molecule has 0 saturated heterocycles. The van der Waals surface area contributed by atoms with Crippen molar-refractivity contribution in [2.45, 2.75) is 6.42 Å². The van der Waals surface area contributed by atoms with Crippen molar-refractivity contribution in [2.24, 2.45) is 0 Å². The molecule has 0 bridgehead atoms. The molecule has 0 N–H and O–H groups in total. The van der Waals surface area contributed by atoms with E-state index in [4.69, 9.17) is 0 Å². The zero-order valence-corrected chi connectivity index (χ0v) is 11.1. The van der Waals surface area contributed by atoms with E-state index in [2.05, 4.69) is 12.2 Å². The van der Waals surface area contributed by atoms with Crippen LogP contribution in [0.5, 0.6) is 0 Å². The minimum atomic E-state index is 0. The first-order valence-corrected chi connectivity index (χ1v) is 1.72. The zero-order chi connectivity index (χ0) is 3.54. The smallest absolute Gasteiger partial charge is 0 e. The van der Waals surface area contributed by atoms with Crippen molar-refractivity contribution in [2.75, 3.05) is 0 Å². The molecule has 0 spiro atoms. The van der Waals surface area contributed by atoms with Gasteiger partial charge in [0, 0.05) is 22.4 Å². The number of rotatable bonds is 0. The van der Waals surface area contributed by atoms with Crippen LogP contribution in [0.3, 0.4) is 0 Å². The van der Waals surface area contributed by atoms with E-state index in [0.29, 0.717) is 0 Å². The molecule has 0 aromatic rings. The van der Waals surface area contributed by atoms with Gasteiger partial charge >= 0.3 is 0 Å². The van der Waals surface area contributed by atoms with Crippen molar-refractivity contribution in [3.05, 3.63) is 31.7 Å². The molecule has 0 heterocycles. The minimum Gasteiger partial charge on any atom is -1.00 e. The summed E-state index contributed by atoms with van der Waals surface area (Å²) < 4.78 is 0. The van der Waals surface area contributed by atoms with Crippen molar-refractivity contribution >= 4 is 0 Å². The Morgan fingerprint density at radius 3 is 1.55 bits per heavy atom. The summed E-state index contributed by atoms with van der Waals surface area (Å²) in [6.45, 7) is 0. The maximum Gasteiger partial charge on any atom is 0 e. The Labute approximate surface area is 109 Å². The van der Waals surface area contributed by atoms with Crippen LogP contribution >= 0.6 is 0 Å². The third-order valence-electron chi connectivity index (χ3n) is 0.586. The third kappa shape index (κ3) is 24.6. The standard InChI is InChI=1S/C5H5.CH3.4ClH.Nb/c1-2-4-5-3-1;;;;;;/h1-3H,4H2;1H3;4*1H;/q2*-1;;;;;/p-4. The molecule has 0 aromatic heterocycles. The molecule has 11 heavy (non-hydrogen) atoms. The summed E-state index contributed by atoms with van der Waals surface area (Å²) in [5.41, 5.74) is 0. The van der Waals surface area contributed by atoms with E-state index in [1.165, 1.54) is 0 Å². The molecule has 0 unspecified atom stereocenters. The average molecular weight is 315 g/mol. The van der Waals surface area contributed by atoms with Crippen molar-refractivity contribution in [3.63, 3.8) is 0 Å². The Hall–Kier alpha value is 1.38. The van der Waals surface area contributed by atoms with E-state index < -0.39 is 0 Å². The summed E-state index contributed by atoms with van der Waals surface area (Å²) >= 11 is 0. The molecular weight excluding hydrogens is 307 g/mol. The monoisotopic (exact) mass is 313 g/mol. The van der Waals surface area contributed by atoms with Crippen LogP contribution in [0.4, 0.5) is 0 Å². The molecule has 0 aromatic carbocycles. The Balaban J connectivity index is -0.0000000104. The van der Waals surface area contributed by atoms with Gasteiger partial charge in [0.25, 0.3) is 0 Å². The molecule has 0 nitrogen and oxygen atoms in total. The summed E-state index contributed by atoms with van der Waals surface area (Å²) in [5, 5.41) is 0. The first-order valence-electron chi connectivity index (χ1n) is 1.72. The predicted molar refractivity (Wildman–Crippen MR) is 28.0 cm³/mol. The SMILES string of the molecule is [C-]1=CC=CC1.[CH3-].[Cl-].[Cl-].[Cl-].[Cl-].[Nb]. The van der Waals surface area contributed by atoms with E-state index >= 15 is 0 Å². The van der Waals surface area contributed by atoms with Gasteiger partial charge in [-0.05, 0) is 0 Å². The molecule has 71 valence electrons. The van der Waals surface area contributed by atoms with Gasteiger partial charge in [-0.2, -0.15) is 6.08 Å². The van der Waals surface area contributed by atoms with Crippen LogP contribution in [0, 0.1) is 13.5 Å². The van der Waals surface area contributed by atoms with Crippen molar-refractivity contribution in [1.82, 2.24) is 0 Å². The maximum atomic E-state index is 2.99. The Bertz CT molecular complexity index is 72.7.